The molecule has 2 aromatic heterocycles. The first-order valence-corrected chi connectivity index (χ1v) is 7.44. The summed E-state index contributed by atoms with van der Waals surface area (Å²) in [5.41, 5.74) is 3.46. The molecule has 6 heteroatoms. The summed E-state index contributed by atoms with van der Waals surface area (Å²) in [5, 5.41) is 6.16. The summed E-state index contributed by atoms with van der Waals surface area (Å²) in [4.78, 5) is 24.4. The number of anilines is 1. The van der Waals surface area contributed by atoms with Crippen LogP contribution in [0.1, 0.15) is 35.0 Å². The van der Waals surface area contributed by atoms with Crippen LogP contribution in [0.2, 0.25) is 0 Å². The van der Waals surface area contributed by atoms with Crippen LogP contribution in [0.4, 0.5) is 5.69 Å². The third kappa shape index (κ3) is 4.25. The third-order valence-electron chi connectivity index (χ3n) is 3.27. The van der Waals surface area contributed by atoms with Gasteiger partial charge in [-0.05, 0) is 25.0 Å². The summed E-state index contributed by atoms with van der Waals surface area (Å²) in [6, 6.07) is 1.92. The summed E-state index contributed by atoms with van der Waals surface area (Å²) < 4.78 is 0. The van der Waals surface area contributed by atoms with Gasteiger partial charge in [0.2, 0.25) is 0 Å². The summed E-state index contributed by atoms with van der Waals surface area (Å²) in [7, 11) is 0. The fraction of sp³-hybridized carbons (Fsp3) is 0.375. The van der Waals surface area contributed by atoms with Crippen LogP contribution in [-0.2, 0) is 6.42 Å². The van der Waals surface area contributed by atoms with E-state index in [1.807, 2.05) is 13.0 Å². The van der Waals surface area contributed by atoms with Gasteiger partial charge in [0.15, 0.2) is 0 Å². The Morgan fingerprint density at radius 1 is 1.23 bits per heavy atom. The quantitative estimate of drug-likeness (QED) is 0.764. The second kappa shape index (κ2) is 8.07. The molecule has 0 bridgehead atoms. The molecule has 2 rings (SSSR count). The molecule has 6 nitrogen and oxygen atoms in total. The highest BCUT2D eigenvalue weighted by Crippen LogP contribution is 2.10. The molecule has 116 valence electrons. The number of hydrogen-bond acceptors (Lipinski definition) is 5. The molecule has 0 saturated carbocycles. The number of aryl methyl sites for hydroxylation is 2. The van der Waals surface area contributed by atoms with E-state index in [1.165, 1.54) is 6.33 Å². The Morgan fingerprint density at radius 2 is 2.09 bits per heavy atom. The summed E-state index contributed by atoms with van der Waals surface area (Å²) in [6.07, 6.45) is 8.33. The van der Waals surface area contributed by atoms with Crippen molar-refractivity contribution in [1.29, 1.82) is 0 Å². The van der Waals surface area contributed by atoms with Gasteiger partial charge in [0.25, 0.3) is 5.91 Å². The zero-order valence-electron chi connectivity index (χ0n) is 13.0. The van der Waals surface area contributed by atoms with E-state index in [9.17, 15) is 4.79 Å². The Kier molecular flexibility index (Phi) is 5.82. The molecule has 0 atom stereocenters. The predicted molar refractivity (Wildman–Crippen MR) is 85.8 cm³/mol. The van der Waals surface area contributed by atoms with Crippen LogP contribution >= 0.6 is 0 Å². The van der Waals surface area contributed by atoms with Crippen molar-refractivity contribution in [2.45, 2.75) is 26.7 Å². The number of rotatable bonds is 7. The van der Waals surface area contributed by atoms with Crippen LogP contribution in [0, 0.1) is 6.92 Å². The maximum atomic E-state index is 12.2. The molecule has 0 aromatic carbocycles. The molecule has 1 amide bonds. The van der Waals surface area contributed by atoms with E-state index < -0.39 is 0 Å². The normalized spacial score (nSPS) is 10.3. The van der Waals surface area contributed by atoms with E-state index in [1.54, 1.807) is 18.6 Å². The number of amides is 1. The second-order valence-corrected chi connectivity index (χ2v) is 5.01. The Hall–Kier alpha value is -2.50. The highest BCUT2D eigenvalue weighted by atomic mass is 16.1. The molecule has 22 heavy (non-hydrogen) atoms. The number of carbonyl (C=O) groups is 1. The Bertz CT molecular complexity index is 629. The fourth-order valence-corrected chi connectivity index (χ4v) is 2.12. The minimum atomic E-state index is -0.127. The number of aromatic nitrogens is 3. The molecule has 0 fully saturated rings. The summed E-state index contributed by atoms with van der Waals surface area (Å²) >= 11 is 0. The highest BCUT2D eigenvalue weighted by Gasteiger charge is 2.11. The molecule has 0 saturated heterocycles. The average molecular weight is 299 g/mol. The van der Waals surface area contributed by atoms with E-state index >= 15 is 0 Å². The first-order chi connectivity index (χ1) is 10.7. The van der Waals surface area contributed by atoms with Gasteiger partial charge in [0, 0.05) is 37.4 Å². The lowest BCUT2D eigenvalue weighted by Gasteiger charge is -2.11. The Labute approximate surface area is 130 Å². The van der Waals surface area contributed by atoms with E-state index in [4.69, 9.17) is 0 Å². The molecule has 0 aliphatic rings. The van der Waals surface area contributed by atoms with Crippen molar-refractivity contribution in [3.63, 3.8) is 0 Å². The zero-order chi connectivity index (χ0) is 15.8. The summed E-state index contributed by atoms with van der Waals surface area (Å²) in [6.45, 7) is 5.23. The van der Waals surface area contributed by atoms with Crippen molar-refractivity contribution in [3.05, 3.63) is 47.8 Å². The van der Waals surface area contributed by atoms with Gasteiger partial charge in [-0.1, -0.05) is 13.3 Å². The van der Waals surface area contributed by atoms with Crippen molar-refractivity contribution in [3.8, 4) is 0 Å². The Morgan fingerprint density at radius 3 is 2.86 bits per heavy atom. The second-order valence-electron chi connectivity index (χ2n) is 5.01. The van der Waals surface area contributed by atoms with Crippen molar-refractivity contribution >= 4 is 11.6 Å². The van der Waals surface area contributed by atoms with Gasteiger partial charge < -0.3 is 10.6 Å². The number of nitrogens with zero attached hydrogens (tertiary/aromatic N) is 3. The topological polar surface area (TPSA) is 79.8 Å². The standard InChI is InChI=1S/C16H21N5O/c1-3-4-15-13(10-18-11-21-15)16(22)20-8-7-19-14-5-6-17-9-12(14)2/h5-6,9-11H,3-4,7-8H2,1-2H3,(H,17,19)(H,20,22). The lowest BCUT2D eigenvalue weighted by molar-refractivity contribution is 0.0953. The molecule has 0 aliphatic heterocycles. The Balaban J connectivity index is 1.85. The summed E-state index contributed by atoms with van der Waals surface area (Å²) in [5.74, 6) is -0.127. The SMILES string of the molecule is CCCc1ncncc1C(=O)NCCNc1ccncc1C. The molecule has 0 unspecified atom stereocenters. The average Bonchev–Trinajstić information content (AvgIpc) is 2.54. The number of pyridine rings is 1. The van der Waals surface area contributed by atoms with Gasteiger partial charge in [-0.2, -0.15) is 0 Å². The van der Waals surface area contributed by atoms with Crippen LogP contribution in [0.15, 0.2) is 31.0 Å². The minimum absolute atomic E-state index is 0.127. The van der Waals surface area contributed by atoms with E-state index in [2.05, 4.69) is 32.5 Å². The van der Waals surface area contributed by atoms with Crippen molar-refractivity contribution < 1.29 is 4.79 Å². The van der Waals surface area contributed by atoms with Crippen LogP contribution in [0.3, 0.4) is 0 Å². The monoisotopic (exact) mass is 299 g/mol. The van der Waals surface area contributed by atoms with Crippen molar-refractivity contribution in [1.82, 2.24) is 20.3 Å². The van der Waals surface area contributed by atoms with Gasteiger partial charge in [-0.3, -0.25) is 9.78 Å². The maximum absolute atomic E-state index is 12.2. The number of hydrogen-bond donors (Lipinski definition) is 2. The third-order valence-corrected chi connectivity index (χ3v) is 3.27. The van der Waals surface area contributed by atoms with Gasteiger partial charge in [0.05, 0.1) is 11.3 Å². The van der Waals surface area contributed by atoms with E-state index in [-0.39, 0.29) is 5.91 Å². The van der Waals surface area contributed by atoms with Gasteiger partial charge >= 0.3 is 0 Å². The smallest absolute Gasteiger partial charge is 0.254 e. The molecular formula is C16H21N5O. The molecule has 2 aromatic rings. The molecule has 2 N–H and O–H groups in total. The lowest BCUT2D eigenvalue weighted by Crippen LogP contribution is -2.30. The van der Waals surface area contributed by atoms with Crippen molar-refractivity contribution in [2.24, 2.45) is 0 Å². The molecule has 2 heterocycles. The van der Waals surface area contributed by atoms with Gasteiger partial charge in [0.1, 0.15) is 6.33 Å². The van der Waals surface area contributed by atoms with Crippen molar-refractivity contribution in [2.75, 3.05) is 18.4 Å². The highest BCUT2D eigenvalue weighted by molar-refractivity contribution is 5.94. The lowest BCUT2D eigenvalue weighted by atomic mass is 10.1. The minimum Gasteiger partial charge on any atom is -0.383 e. The molecule has 0 aliphatic carbocycles. The van der Waals surface area contributed by atoms with Crippen LogP contribution < -0.4 is 10.6 Å². The largest absolute Gasteiger partial charge is 0.383 e. The zero-order valence-corrected chi connectivity index (χ0v) is 13.0. The van der Waals surface area contributed by atoms with Crippen LogP contribution in [0.25, 0.3) is 0 Å². The first kappa shape index (κ1) is 15.9. The van der Waals surface area contributed by atoms with Crippen LogP contribution in [-0.4, -0.2) is 33.9 Å². The fourth-order valence-electron chi connectivity index (χ4n) is 2.12. The molecule has 0 spiro atoms. The number of nitrogens with one attached hydrogen (secondary N) is 2. The molecular weight excluding hydrogens is 278 g/mol. The van der Waals surface area contributed by atoms with E-state index in [0.717, 1.165) is 29.8 Å². The molecule has 0 radical (unpaired) electrons. The predicted octanol–water partition coefficient (Wildman–Crippen LogP) is 1.97. The maximum Gasteiger partial charge on any atom is 0.254 e. The first-order valence-electron chi connectivity index (χ1n) is 7.44. The number of carbonyl (C=O) groups excluding carboxylic acids is 1. The van der Waals surface area contributed by atoms with Gasteiger partial charge in [-0.15, -0.1) is 0 Å². The van der Waals surface area contributed by atoms with E-state index in [0.29, 0.717) is 18.7 Å². The van der Waals surface area contributed by atoms with Crippen LogP contribution in [0.5, 0.6) is 0 Å². The van der Waals surface area contributed by atoms with Gasteiger partial charge in [-0.25, -0.2) is 9.97 Å².